The zero-order chi connectivity index (χ0) is 12.3. The first-order valence-electron chi connectivity index (χ1n) is 4.31. The summed E-state index contributed by atoms with van der Waals surface area (Å²) >= 11 is 11.8. The van der Waals surface area contributed by atoms with Crippen LogP contribution >= 0.6 is 23.2 Å². The Kier molecular flexibility index (Phi) is 4.15. The zero-order valence-corrected chi connectivity index (χ0v) is 10.1. The molecule has 1 aromatic rings. The third-order valence-corrected chi connectivity index (χ3v) is 2.70. The Morgan fingerprint density at radius 2 is 1.94 bits per heavy atom. The van der Waals surface area contributed by atoms with Crippen molar-refractivity contribution in [1.82, 2.24) is 0 Å². The number of anilines is 1. The van der Waals surface area contributed by atoms with Gasteiger partial charge in [-0.25, -0.2) is 4.79 Å². The summed E-state index contributed by atoms with van der Waals surface area (Å²) < 4.78 is 4.26. The monoisotopic (exact) mass is 261 g/mol. The molecule has 0 saturated carbocycles. The maximum atomic E-state index is 11.3. The number of nitrogens with one attached hydrogen (secondary N) is 1. The molecule has 1 aromatic carbocycles. The number of amides is 1. The first-order chi connectivity index (χ1) is 7.47. The van der Waals surface area contributed by atoms with Crippen molar-refractivity contribution in [2.24, 2.45) is 0 Å². The summed E-state index contributed by atoms with van der Waals surface area (Å²) in [6.07, 6.45) is 0. The van der Waals surface area contributed by atoms with Gasteiger partial charge in [-0.1, -0.05) is 29.3 Å². The van der Waals surface area contributed by atoms with E-state index in [2.05, 4.69) is 10.1 Å². The van der Waals surface area contributed by atoms with Gasteiger partial charge in [0.2, 0.25) is 0 Å². The molecule has 1 N–H and O–H groups in total. The number of methoxy groups -OCH3 is 1. The number of halogens is 2. The highest BCUT2D eigenvalue weighted by Crippen LogP contribution is 2.32. The molecule has 1 rings (SSSR count). The molecule has 0 spiro atoms. The molecular formula is C10H9Cl2NO3. The molecule has 0 fully saturated rings. The van der Waals surface area contributed by atoms with Gasteiger partial charge in [-0.05, 0) is 18.6 Å². The number of carbonyl (C=O) groups excluding carboxylic acids is 2. The van der Waals surface area contributed by atoms with Crippen LogP contribution in [0.5, 0.6) is 0 Å². The van der Waals surface area contributed by atoms with Crippen LogP contribution in [0.15, 0.2) is 12.1 Å². The lowest BCUT2D eigenvalue weighted by Crippen LogP contribution is -2.24. The van der Waals surface area contributed by atoms with Gasteiger partial charge in [-0.3, -0.25) is 4.79 Å². The van der Waals surface area contributed by atoms with Crippen LogP contribution in [0.1, 0.15) is 5.56 Å². The third kappa shape index (κ3) is 2.65. The van der Waals surface area contributed by atoms with Gasteiger partial charge in [0.15, 0.2) is 0 Å². The summed E-state index contributed by atoms with van der Waals surface area (Å²) in [5.74, 6) is -1.93. The van der Waals surface area contributed by atoms with E-state index >= 15 is 0 Å². The van der Waals surface area contributed by atoms with E-state index in [9.17, 15) is 9.59 Å². The number of hydrogen-bond donors (Lipinski definition) is 1. The standard InChI is InChI=1S/C10H9Cl2NO3/c1-5-3-4-6(11)8(7(5)12)13-9(14)10(15)16-2/h3-4H,1-2H3,(H,13,14). The van der Waals surface area contributed by atoms with E-state index in [0.29, 0.717) is 5.02 Å². The molecule has 4 nitrogen and oxygen atoms in total. The summed E-state index contributed by atoms with van der Waals surface area (Å²) in [4.78, 5) is 22.2. The molecule has 16 heavy (non-hydrogen) atoms. The van der Waals surface area contributed by atoms with Crippen molar-refractivity contribution >= 4 is 40.8 Å². The molecule has 0 aromatic heterocycles. The van der Waals surface area contributed by atoms with Gasteiger partial charge in [-0.15, -0.1) is 0 Å². The Morgan fingerprint density at radius 3 is 2.50 bits per heavy atom. The van der Waals surface area contributed by atoms with Gasteiger partial charge < -0.3 is 10.1 Å². The van der Waals surface area contributed by atoms with Crippen molar-refractivity contribution in [3.63, 3.8) is 0 Å². The predicted molar refractivity (Wildman–Crippen MR) is 61.8 cm³/mol. The first-order valence-corrected chi connectivity index (χ1v) is 5.07. The normalized spacial score (nSPS) is 9.75. The smallest absolute Gasteiger partial charge is 0.396 e. The minimum absolute atomic E-state index is 0.207. The van der Waals surface area contributed by atoms with E-state index in [4.69, 9.17) is 23.2 Å². The zero-order valence-electron chi connectivity index (χ0n) is 8.64. The second-order valence-electron chi connectivity index (χ2n) is 3.00. The van der Waals surface area contributed by atoms with Crippen molar-refractivity contribution in [1.29, 1.82) is 0 Å². The summed E-state index contributed by atoms with van der Waals surface area (Å²) in [6, 6.07) is 3.29. The van der Waals surface area contributed by atoms with E-state index in [1.807, 2.05) is 0 Å². The Balaban J connectivity index is 3.02. The van der Waals surface area contributed by atoms with Crippen LogP contribution in [0.2, 0.25) is 10.0 Å². The maximum absolute atomic E-state index is 11.3. The van der Waals surface area contributed by atoms with Gasteiger partial charge in [0.25, 0.3) is 0 Å². The quantitative estimate of drug-likeness (QED) is 0.624. The number of rotatable bonds is 1. The molecule has 0 aliphatic carbocycles. The molecule has 0 heterocycles. The van der Waals surface area contributed by atoms with E-state index in [1.54, 1.807) is 19.1 Å². The van der Waals surface area contributed by atoms with Crippen molar-refractivity contribution in [2.75, 3.05) is 12.4 Å². The van der Waals surface area contributed by atoms with Crippen LogP contribution in [0.4, 0.5) is 5.69 Å². The fraction of sp³-hybridized carbons (Fsp3) is 0.200. The van der Waals surface area contributed by atoms with Crippen LogP contribution in [0.25, 0.3) is 0 Å². The maximum Gasteiger partial charge on any atom is 0.396 e. The van der Waals surface area contributed by atoms with Crippen LogP contribution in [-0.2, 0) is 14.3 Å². The Bertz CT molecular complexity index is 446. The highest BCUT2D eigenvalue weighted by molar-refractivity contribution is 6.43. The molecular weight excluding hydrogens is 253 g/mol. The molecule has 86 valence electrons. The molecule has 0 aliphatic heterocycles. The largest absolute Gasteiger partial charge is 0.462 e. The second-order valence-corrected chi connectivity index (χ2v) is 3.78. The van der Waals surface area contributed by atoms with Crippen molar-refractivity contribution in [3.8, 4) is 0 Å². The topological polar surface area (TPSA) is 55.4 Å². The van der Waals surface area contributed by atoms with Crippen molar-refractivity contribution in [3.05, 3.63) is 27.7 Å². The lowest BCUT2D eigenvalue weighted by Gasteiger charge is -2.09. The first kappa shape index (κ1) is 12.8. The molecule has 6 heteroatoms. The van der Waals surface area contributed by atoms with Crippen LogP contribution in [0.3, 0.4) is 0 Å². The molecule has 0 bridgehead atoms. The van der Waals surface area contributed by atoms with E-state index < -0.39 is 11.9 Å². The summed E-state index contributed by atoms with van der Waals surface area (Å²) in [5.41, 5.74) is 0.949. The fourth-order valence-corrected chi connectivity index (χ4v) is 1.49. The van der Waals surface area contributed by atoms with E-state index in [-0.39, 0.29) is 10.7 Å². The number of esters is 1. The third-order valence-electron chi connectivity index (χ3n) is 1.89. The van der Waals surface area contributed by atoms with Gasteiger partial charge in [0.1, 0.15) is 0 Å². The predicted octanol–water partition coefficient (Wildman–Crippen LogP) is 2.41. The SMILES string of the molecule is COC(=O)C(=O)Nc1c(Cl)ccc(C)c1Cl. The number of hydrogen-bond acceptors (Lipinski definition) is 3. The van der Waals surface area contributed by atoms with E-state index in [0.717, 1.165) is 12.7 Å². The molecule has 0 radical (unpaired) electrons. The molecule has 0 atom stereocenters. The average Bonchev–Trinajstić information content (AvgIpc) is 2.28. The molecule has 0 unspecified atom stereocenters. The highest BCUT2D eigenvalue weighted by atomic mass is 35.5. The minimum atomic E-state index is -1.01. The number of ether oxygens (including phenoxy) is 1. The van der Waals surface area contributed by atoms with Gasteiger partial charge >= 0.3 is 11.9 Å². The molecule has 0 saturated heterocycles. The van der Waals surface area contributed by atoms with Crippen LogP contribution in [0, 0.1) is 6.92 Å². The molecule has 0 aliphatic rings. The minimum Gasteiger partial charge on any atom is -0.462 e. The summed E-state index contributed by atoms with van der Waals surface area (Å²) in [5, 5.41) is 2.85. The van der Waals surface area contributed by atoms with E-state index in [1.165, 1.54) is 0 Å². The average molecular weight is 262 g/mol. The van der Waals surface area contributed by atoms with Crippen molar-refractivity contribution < 1.29 is 14.3 Å². The number of benzene rings is 1. The van der Waals surface area contributed by atoms with Gasteiger partial charge in [0, 0.05) is 0 Å². The Labute approximate surface area is 102 Å². The van der Waals surface area contributed by atoms with Crippen LogP contribution < -0.4 is 5.32 Å². The lowest BCUT2D eigenvalue weighted by molar-refractivity contribution is -0.150. The highest BCUT2D eigenvalue weighted by Gasteiger charge is 2.17. The van der Waals surface area contributed by atoms with Crippen molar-refractivity contribution in [2.45, 2.75) is 6.92 Å². The van der Waals surface area contributed by atoms with Gasteiger partial charge in [0.05, 0.1) is 22.8 Å². The van der Waals surface area contributed by atoms with Gasteiger partial charge in [-0.2, -0.15) is 0 Å². The van der Waals surface area contributed by atoms with Crippen LogP contribution in [-0.4, -0.2) is 19.0 Å². The summed E-state index contributed by atoms with van der Waals surface area (Å²) in [7, 11) is 1.11. The number of carbonyl (C=O) groups is 2. The Morgan fingerprint density at radius 1 is 1.31 bits per heavy atom. The molecule has 1 amide bonds. The summed E-state index contributed by atoms with van der Waals surface area (Å²) in [6.45, 7) is 1.76. The fourth-order valence-electron chi connectivity index (χ4n) is 1.03. The lowest BCUT2D eigenvalue weighted by atomic mass is 10.2. The Hall–Kier alpha value is -1.26. The number of aryl methyl sites for hydroxylation is 1. The second kappa shape index (κ2) is 5.18.